The van der Waals surface area contributed by atoms with E-state index in [2.05, 4.69) is 19.9 Å². The van der Waals surface area contributed by atoms with Gasteiger partial charge in [-0.3, -0.25) is 0 Å². The van der Waals surface area contributed by atoms with Gasteiger partial charge < -0.3 is 19.5 Å². The van der Waals surface area contributed by atoms with E-state index in [4.69, 9.17) is 4.74 Å². The molecule has 29 heavy (non-hydrogen) atoms. The molecule has 150 valence electrons. The van der Waals surface area contributed by atoms with E-state index >= 15 is 0 Å². The predicted octanol–water partition coefficient (Wildman–Crippen LogP) is 3.40. The first-order valence-electron chi connectivity index (χ1n) is 9.61. The van der Waals surface area contributed by atoms with Crippen LogP contribution >= 0.6 is 0 Å². The molecule has 1 aromatic carbocycles. The lowest BCUT2D eigenvalue weighted by Gasteiger charge is -2.33. The van der Waals surface area contributed by atoms with Crippen molar-refractivity contribution >= 4 is 28.9 Å². The van der Waals surface area contributed by atoms with Crippen LogP contribution in [0.3, 0.4) is 0 Å². The number of urea groups is 1. The van der Waals surface area contributed by atoms with Crippen molar-refractivity contribution in [3.8, 4) is 0 Å². The third kappa shape index (κ3) is 3.65. The molecule has 1 saturated heterocycles. The van der Waals surface area contributed by atoms with Crippen LogP contribution in [0.4, 0.5) is 10.5 Å². The summed E-state index contributed by atoms with van der Waals surface area (Å²) in [6, 6.07) is 10.7. The Labute approximate surface area is 168 Å². The van der Waals surface area contributed by atoms with Gasteiger partial charge >= 0.3 is 12.0 Å². The van der Waals surface area contributed by atoms with Crippen LogP contribution in [0.5, 0.6) is 0 Å². The number of methoxy groups -OCH3 is 1. The van der Waals surface area contributed by atoms with Gasteiger partial charge in [0, 0.05) is 25.3 Å². The minimum Gasteiger partial charge on any atom is -0.465 e. The fourth-order valence-corrected chi connectivity index (χ4v) is 3.88. The number of nitrogens with one attached hydrogen (secondary N) is 1. The number of hydrogen-bond donors (Lipinski definition) is 1. The Morgan fingerprint density at radius 1 is 1.14 bits per heavy atom. The van der Waals surface area contributed by atoms with E-state index in [1.807, 2.05) is 19.1 Å². The van der Waals surface area contributed by atoms with Crippen molar-refractivity contribution < 1.29 is 14.3 Å². The first kappa shape index (κ1) is 18.9. The molecule has 1 aliphatic heterocycles. The van der Waals surface area contributed by atoms with Crippen LogP contribution in [0.2, 0.25) is 0 Å². The molecule has 4 rings (SSSR count). The van der Waals surface area contributed by atoms with Gasteiger partial charge in [0.05, 0.1) is 18.4 Å². The van der Waals surface area contributed by atoms with Crippen LogP contribution in [0.15, 0.2) is 42.6 Å². The molecular weight excluding hydrogens is 370 g/mol. The Hall–Kier alpha value is -3.42. The summed E-state index contributed by atoms with van der Waals surface area (Å²) >= 11 is 0. The average Bonchev–Trinajstić information content (AvgIpc) is 3.09. The largest absolute Gasteiger partial charge is 0.465 e. The number of ether oxygens (including phenoxy) is 1. The zero-order valence-corrected chi connectivity index (χ0v) is 16.5. The number of hydrogen-bond acceptors (Lipinski definition) is 5. The van der Waals surface area contributed by atoms with Crippen LogP contribution in [-0.2, 0) is 4.74 Å². The van der Waals surface area contributed by atoms with Gasteiger partial charge in [-0.25, -0.2) is 19.6 Å². The van der Waals surface area contributed by atoms with Crippen molar-refractivity contribution in [2.24, 2.45) is 0 Å². The van der Waals surface area contributed by atoms with Gasteiger partial charge in [0.15, 0.2) is 5.65 Å². The molecule has 0 unspecified atom stereocenters. The molecular formula is C21H23N5O3. The lowest BCUT2D eigenvalue weighted by atomic mass is 10.0. The Balaban J connectivity index is 1.44. The lowest BCUT2D eigenvalue weighted by molar-refractivity contribution is 0.0602. The Bertz CT molecular complexity index is 1050. The molecule has 0 bridgehead atoms. The number of para-hydroxylation sites is 1. The van der Waals surface area contributed by atoms with E-state index in [1.54, 1.807) is 35.4 Å². The maximum Gasteiger partial charge on any atom is 0.339 e. The van der Waals surface area contributed by atoms with Crippen LogP contribution in [0.25, 0.3) is 11.2 Å². The summed E-state index contributed by atoms with van der Waals surface area (Å²) in [6.07, 6.45) is 3.41. The normalized spacial score (nSPS) is 14.8. The third-order valence-electron chi connectivity index (χ3n) is 5.32. The van der Waals surface area contributed by atoms with Crippen molar-refractivity contribution in [2.45, 2.75) is 25.8 Å². The smallest absolute Gasteiger partial charge is 0.339 e. The molecule has 1 N–H and O–H groups in total. The highest BCUT2D eigenvalue weighted by Gasteiger charge is 2.27. The average molecular weight is 393 g/mol. The molecule has 0 radical (unpaired) electrons. The number of piperidine rings is 1. The number of anilines is 1. The number of imidazole rings is 1. The Morgan fingerprint density at radius 2 is 1.90 bits per heavy atom. The van der Waals surface area contributed by atoms with E-state index in [1.165, 1.54) is 7.11 Å². The number of likely N-dealkylation sites (tertiary alicyclic amines) is 1. The number of carbonyl (C=O) groups excluding carboxylic acids is 2. The minimum absolute atomic E-state index is 0.217. The number of nitrogens with zero attached hydrogens (tertiary/aromatic N) is 4. The van der Waals surface area contributed by atoms with Crippen LogP contribution in [0, 0.1) is 6.92 Å². The van der Waals surface area contributed by atoms with Gasteiger partial charge in [0.1, 0.15) is 11.3 Å². The number of benzene rings is 1. The summed E-state index contributed by atoms with van der Waals surface area (Å²) in [5.74, 6) is 0.461. The topological polar surface area (TPSA) is 89.4 Å². The summed E-state index contributed by atoms with van der Waals surface area (Å²) in [6.45, 7) is 3.22. The van der Waals surface area contributed by atoms with E-state index in [0.29, 0.717) is 24.3 Å². The number of aromatic nitrogens is 3. The highest BCUT2D eigenvalue weighted by molar-refractivity contribution is 6.00. The maximum atomic E-state index is 12.7. The monoisotopic (exact) mass is 393 g/mol. The SMILES string of the molecule is COC(=O)c1ccccc1NC(=O)N1CCC(n2c(C)nc3cccnc32)CC1. The zero-order valence-electron chi connectivity index (χ0n) is 16.5. The third-order valence-corrected chi connectivity index (χ3v) is 5.32. The molecule has 0 saturated carbocycles. The van der Waals surface area contributed by atoms with E-state index in [9.17, 15) is 9.59 Å². The first-order valence-corrected chi connectivity index (χ1v) is 9.61. The predicted molar refractivity (Wildman–Crippen MR) is 109 cm³/mol. The summed E-state index contributed by atoms with van der Waals surface area (Å²) < 4.78 is 6.96. The molecule has 2 amide bonds. The molecule has 8 nitrogen and oxygen atoms in total. The van der Waals surface area contributed by atoms with Crippen LogP contribution < -0.4 is 5.32 Å². The van der Waals surface area contributed by atoms with Crippen molar-refractivity contribution in [1.29, 1.82) is 0 Å². The van der Waals surface area contributed by atoms with Gasteiger partial charge in [-0.2, -0.15) is 0 Å². The second-order valence-corrected chi connectivity index (χ2v) is 7.06. The summed E-state index contributed by atoms with van der Waals surface area (Å²) in [5.41, 5.74) is 2.57. The molecule has 0 atom stereocenters. The van der Waals surface area contributed by atoms with Gasteiger partial charge in [-0.05, 0) is 44.0 Å². The fraction of sp³-hybridized carbons (Fsp3) is 0.333. The van der Waals surface area contributed by atoms with E-state index < -0.39 is 5.97 Å². The second kappa shape index (κ2) is 7.90. The molecule has 3 heterocycles. The number of pyridine rings is 1. The van der Waals surface area contributed by atoms with Crippen molar-refractivity contribution in [3.63, 3.8) is 0 Å². The first-order chi connectivity index (χ1) is 14.1. The molecule has 2 aromatic heterocycles. The van der Waals surface area contributed by atoms with E-state index in [-0.39, 0.29) is 12.1 Å². The fourth-order valence-electron chi connectivity index (χ4n) is 3.88. The van der Waals surface area contributed by atoms with Crippen LogP contribution in [0.1, 0.15) is 35.1 Å². The van der Waals surface area contributed by atoms with Gasteiger partial charge in [0.2, 0.25) is 0 Å². The Morgan fingerprint density at radius 3 is 2.66 bits per heavy atom. The van der Waals surface area contributed by atoms with Gasteiger partial charge in [-0.15, -0.1) is 0 Å². The standard InChI is InChI=1S/C21H23N5O3/c1-14-23-18-8-5-11-22-19(18)26(14)15-9-12-25(13-10-15)21(28)24-17-7-4-3-6-16(17)20(27)29-2/h3-8,11,15H,9-10,12-13H2,1-2H3,(H,24,28). The summed E-state index contributed by atoms with van der Waals surface area (Å²) in [7, 11) is 1.32. The molecule has 3 aromatic rings. The highest BCUT2D eigenvalue weighted by Crippen LogP contribution is 2.28. The molecule has 0 spiro atoms. The lowest BCUT2D eigenvalue weighted by Crippen LogP contribution is -2.41. The Kier molecular flexibility index (Phi) is 5.16. The van der Waals surface area contributed by atoms with Gasteiger partial charge in [-0.1, -0.05) is 12.1 Å². The van der Waals surface area contributed by atoms with Crippen LogP contribution in [-0.4, -0.2) is 51.6 Å². The summed E-state index contributed by atoms with van der Waals surface area (Å²) in [5, 5.41) is 2.84. The number of amides is 2. The number of aryl methyl sites for hydroxylation is 1. The molecule has 0 aliphatic carbocycles. The summed E-state index contributed by atoms with van der Waals surface area (Å²) in [4.78, 5) is 35.5. The maximum absolute atomic E-state index is 12.7. The number of rotatable bonds is 3. The molecule has 8 heteroatoms. The number of fused-ring (bicyclic) bond motifs is 1. The molecule has 1 fully saturated rings. The van der Waals surface area contributed by atoms with Crippen molar-refractivity contribution in [2.75, 3.05) is 25.5 Å². The molecule has 1 aliphatic rings. The quantitative estimate of drug-likeness (QED) is 0.689. The van der Waals surface area contributed by atoms with Crippen molar-refractivity contribution in [1.82, 2.24) is 19.4 Å². The highest BCUT2D eigenvalue weighted by atomic mass is 16.5. The number of carbonyl (C=O) groups is 2. The van der Waals surface area contributed by atoms with Crippen molar-refractivity contribution in [3.05, 3.63) is 54.0 Å². The number of esters is 1. The van der Waals surface area contributed by atoms with Gasteiger partial charge in [0.25, 0.3) is 0 Å². The minimum atomic E-state index is -0.477. The van der Waals surface area contributed by atoms with E-state index in [0.717, 1.165) is 29.8 Å². The zero-order chi connectivity index (χ0) is 20.4. The second-order valence-electron chi connectivity index (χ2n) is 7.06.